The van der Waals surface area contributed by atoms with Crippen LogP contribution in [0.1, 0.15) is 43.6 Å². The smallest absolute Gasteiger partial charge is 0.251 e. The van der Waals surface area contributed by atoms with Gasteiger partial charge in [0.05, 0.1) is 0 Å². The Labute approximate surface area is 110 Å². The molecular formula is C15H24N2O. The highest BCUT2D eigenvalue weighted by molar-refractivity contribution is 5.94. The zero-order chi connectivity index (χ0) is 13.6. The second-order valence-electron chi connectivity index (χ2n) is 5.44. The highest BCUT2D eigenvalue weighted by Crippen LogP contribution is 2.22. The van der Waals surface area contributed by atoms with E-state index in [0.29, 0.717) is 6.54 Å². The Morgan fingerprint density at radius 1 is 1.11 bits per heavy atom. The van der Waals surface area contributed by atoms with E-state index in [1.807, 2.05) is 31.2 Å². The van der Waals surface area contributed by atoms with Crippen LogP contribution in [0.25, 0.3) is 0 Å². The van der Waals surface area contributed by atoms with Crippen molar-refractivity contribution < 1.29 is 4.79 Å². The molecule has 3 nitrogen and oxygen atoms in total. The molecule has 1 aromatic rings. The molecule has 0 saturated carbocycles. The lowest BCUT2D eigenvalue weighted by Crippen LogP contribution is -2.31. The van der Waals surface area contributed by atoms with Crippen molar-refractivity contribution >= 4 is 5.91 Å². The normalized spacial score (nSPS) is 11.3. The van der Waals surface area contributed by atoms with Gasteiger partial charge in [0.15, 0.2) is 0 Å². The number of hydrogen-bond donors (Lipinski definition) is 2. The van der Waals surface area contributed by atoms with Crippen molar-refractivity contribution in [3.63, 3.8) is 0 Å². The number of nitrogens with one attached hydrogen (secondary N) is 2. The van der Waals surface area contributed by atoms with Gasteiger partial charge in [-0.15, -0.1) is 0 Å². The average Bonchev–Trinajstić information content (AvgIpc) is 2.33. The first kappa shape index (κ1) is 14.7. The van der Waals surface area contributed by atoms with Gasteiger partial charge in [0.2, 0.25) is 0 Å². The molecule has 3 heteroatoms. The number of carbonyl (C=O) groups is 1. The van der Waals surface area contributed by atoms with Crippen LogP contribution in [0.3, 0.4) is 0 Å². The van der Waals surface area contributed by atoms with E-state index < -0.39 is 0 Å². The zero-order valence-electron chi connectivity index (χ0n) is 11.8. The summed E-state index contributed by atoms with van der Waals surface area (Å²) < 4.78 is 0. The van der Waals surface area contributed by atoms with E-state index in [0.717, 1.165) is 18.7 Å². The van der Waals surface area contributed by atoms with Crippen molar-refractivity contribution in [3.8, 4) is 0 Å². The summed E-state index contributed by atoms with van der Waals surface area (Å²) in [7, 11) is 0. The number of amides is 1. The third kappa shape index (κ3) is 4.49. The van der Waals surface area contributed by atoms with Crippen molar-refractivity contribution in [2.24, 2.45) is 0 Å². The van der Waals surface area contributed by atoms with Crippen molar-refractivity contribution in [2.75, 3.05) is 19.6 Å². The summed E-state index contributed by atoms with van der Waals surface area (Å²) in [5.41, 5.74) is 2.09. The Balaban J connectivity index is 2.54. The lowest BCUT2D eigenvalue weighted by molar-refractivity contribution is 0.0954. The quantitative estimate of drug-likeness (QED) is 0.785. The molecule has 0 aliphatic carbocycles. The van der Waals surface area contributed by atoms with Crippen LogP contribution in [0.2, 0.25) is 0 Å². The predicted octanol–water partition coefficient (Wildman–Crippen LogP) is 2.32. The van der Waals surface area contributed by atoms with E-state index in [9.17, 15) is 4.79 Å². The molecule has 0 atom stereocenters. The molecule has 0 bridgehead atoms. The van der Waals surface area contributed by atoms with Crippen LogP contribution >= 0.6 is 0 Å². The SMILES string of the molecule is CCNCCNC(=O)c1ccc(C(C)(C)C)cc1. The number of likely N-dealkylation sites (N-methyl/N-ethyl adjacent to an activating group) is 1. The van der Waals surface area contributed by atoms with Crippen LogP contribution in [0.15, 0.2) is 24.3 Å². The Hall–Kier alpha value is -1.35. The fourth-order valence-electron chi connectivity index (χ4n) is 1.66. The minimum Gasteiger partial charge on any atom is -0.351 e. The second-order valence-corrected chi connectivity index (χ2v) is 5.44. The first-order valence-electron chi connectivity index (χ1n) is 6.54. The highest BCUT2D eigenvalue weighted by atomic mass is 16.1. The second kappa shape index (κ2) is 6.55. The van der Waals surface area contributed by atoms with Crippen molar-refractivity contribution in [1.29, 1.82) is 0 Å². The molecular weight excluding hydrogens is 224 g/mol. The molecule has 1 rings (SSSR count). The van der Waals surface area contributed by atoms with Gasteiger partial charge in [0, 0.05) is 18.7 Å². The van der Waals surface area contributed by atoms with Gasteiger partial charge in [0.1, 0.15) is 0 Å². The number of benzene rings is 1. The van der Waals surface area contributed by atoms with Gasteiger partial charge >= 0.3 is 0 Å². The molecule has 0 radical (unpaired) electrons. The summed E-state index contributed by atoms with van der Waals surface area (Å²) >= 11 is 0. The maximum absolute atomic E-state index is 11.8. The molecule has 2 N–H and O–H groups in total. The first-order valence-corrected chi connectivity index (χ1v) is 6.54. The van der Waals surface area contributed by atoms with Crippen LogP contribution in [0.4, 0.5) is 0 Å². The third-order valence-corrected chi connectivity index (χ3v) is 2.85. The lowest BCUT2D eigenvalue weighted by Gasteiger charge is -2.19. The zero-order valence-corrected chi connectivity index (χ0v) is 11.8. The van der Waals surface area contributed by atoms with Crippen LogP contribution in [-0.4, -0.2) is 25.5 Å². The van der Waals surface area contributed by atoms with Crippen molar-refractivity contribution in [3.05, 3.63) is 35.4 Å². The molecule has 0 saturated heterocycles. The maximum Gasteiger partial charge on any atom is 0.251 e. The van der Waals surface area contributed by atoms with Crippen molar-refractivity contribution in [2.45, 2.75) is 33.1 Å². The van der Waals surface area contributed by atoms with Gasteiger partial charge in [-0.05, 0) is 29.7 Å². The molecule has 0 fully saturated rings. The Kier molecular flexibility index (Phi) is 5.35. The molecule has 0 aromatic heterocycles. The third-order valence-electron chi connectivity index (χ3n) is 2.85. The van der Waals surface area contributed by atoms with E-state index >= 15 is 0 Å². The monoisotopic (exact) mass is 248 g/mol. The molecule has 1 aromatic carbocycles. The summed E-state index contributed by atoms with van der Waals surface area (Å²) in [4.78, 5) is 11.8. The summed E-state index contributed by atoms with van der Waals surface area (Å²) in [6.07, 6.45) is 0. The van der Waals surface area contributed by atoms with Gasteiger partial charge in [-0.25, -0.2) is 0 Å². The van der Waals surface area contributed by atoms with Gasteiger partial charge in [-0.1, -0.05) is 39.8 Å². The number of hydrogen-bond acceptors (Lipinski definition) is 2. The summed E-state index contributed by atoms with van der Waals surface area (Å²) in [5, 5.41) is 6.06. The fraction of sp³-hybridized carbons (Fsp3) is 0.533. The number of carbonyl (C=O) groups excluding carboxylic acids is 1. The van der Waals surface area contributed by atoms with Gasteiger partial charge in [-0.3, -0.25) is 4.79 Å². The summed E-state index contributed by atoms with van der Waals surface area (Å²) in [6, 6.07) is 7.84. The molecule has 18 heavy (non-hydrogen) atoms. The van der Waals surface area contributed by atoms with E-state index in [1.165, 1.54) is 5.56 Å². The molecule has 0 spiro atoms. The van der Waals surface area contributed by atoms with Gasteiger partial charge in [0.25, 0.3) is 5.91 Å². The Morgan fingerprint density at radius 3 is 2.22 bits per heavy atom. The molecule has 0 aliphatic heterocycles. The van der Waals surface area contributed by atoms with Crippen LogP contribution < -0.4 is 10.6 Å². The Bertz CT molecular complexity index is 376. The summed E-state index contributed by atoms with van der Waals surface area (Å²) in [6.45, 7) is 10.9. The van der Waals surface area contributed by atoms with E-state index in [4.69, 9.17) is 0 Å². The lowest BCUT2D eigenvalue weighted by atomic mass is 9.87. The molecule has 1 amide bonds. The first-order chi connectivity index (χ1) is 8.45. The maximum atomic E-state index is 11.8. The van der Waals surface area contributed by atoms with Gasteiger partial charge in [-0.2, -0.15) is 0 Å². The van der Waals surface area contributed by atoms with Crippen LogP contribution in [0, 0.1) is 0 Å². The standard InChI is InChI=1S/C15H24N2O/c1-5-16-10-11-17-14(18)12-6-8-13(9-7-12)15(2,3)4/h6-9,16H,5,10-11H2,1-4H3,(H,17,18). The molecule has 0 unspecified atom stereocenters. The average molecular weight is 248 g/mol. The predicted molar refractivity (Wildman–Crippen MR) is 76.0 cm³/mol. The Morgan fingerprint density at radius 2 is 1.72 bits per heavy atom. The van der Waals surface area contributed by atoms with Crippen LogP contribution in [0.5, 0.6) is 0 Å². The fourth-order valence-corrected chi connectivity index (χ4v) is 1.66. The molecule has 0 heterocycles. The highest BCUT2D eigenvalue weighted by Gasteiger charge is 2.13. The van der Waals surface area contributed by atoms with E-state index in [2.05, 4.69) is 31.4 Å². The van der Waals surface area contributed by atoms with Crippen molar-refractivity contribution in [1.82, 2.24) is 10.6 Å². The molecule has 100 valence electrons. The largest absolute Gasteiger partial charge is 0.351 e. The topological polar surface area (TPSA) is 41.1 Å². The van der Waals surface area contributed by atoms with Gasteiger partial charge < -0.3 is 10.6 Å². The summed E-state index contributed by atoms with van der Waals surface area (Å²) in [5.74, 6) is -0.00615. The minimum atomic E-state index is -0.00615. The van der Waals surface area contributed by atoms with E-state index in [-0.39, 0.29) is 11.3 Å². The van der Waals surface area contributed by atoms with E-state index in [1.54, 1.807) is 0 Å². The number of rotatable bonds is 5. The minimum absolute atomic E-state index is 0.00615. The molecule has 0 aliphatic rings. The van der Waals surface area contributed by atoms with Crippen LogP contribution in [-0.2, 0) is 5.41 Å².